The van der Waals surface area contributed by atoms with Crippen molar-refractivity contribution < 1.29 is 33.7 Å². The number of para-hydroxylation sites is 2. The number of nitrogens with zero attached hydrogens (tertiary/aromatic N) is 2. The summed E-state index contributed by atoms with van der Waals surface area (Å²) in [6.45, 7) is 5.05. The molecular weight excluding hydrogens is 632 g/mol. The highest BCUT2D eigenvalue weighted by Gasteiger charge is 2.61. The molecule has 9 heteroatoms. The molecule has 9 nitrogen and oxygen atoms in total. The average molecular weight is 679 g/mol. The quantitative estimate of drug-likeness (QED) is 0.126. The van der Waals surface area contributed by atoms with Crippen molar-refractivity contribution in [3.05, 3.63) is 120 Å². The van der Waals surface area contributed by atoms with Gasteiger partial charge in [-0.3, -0.25) is 14.4 Å². The topological polar surface area (TPSA) is 106 Å². The molecule has 1 aliphatic carbocycles. The Balaban J connectivity index is 1.34. The maximum atomic E-state index is 14.4. The Morgan fingerprint density at radius 3 is 1.36 bits per heavy atom. The van der Waals surface area contributed by atoms with Crippen LogP contribution in [0.15, 0.2) is 109 Å². The Hall–Kier alpha value is -5.15. The first-order valence-corrected chi connectivity index (χ1v) is 17.3. The van der Waals surface area contributed by atoms with Crippen LogP contribution in [0.2, 0.25) is 0 Å². The molecule has 2 amide bonds. The van der Waals surface area contributed by atoms with Gasteiger partial charge in [-0.1, -0.05) is 74.5 Å². The maximum Gasteiger partial charge on any atom is 0.309 e. The van der Waals surface area contributed by atoms with E-state index < -0.39 is 36.2 Å². The predicted molar refractivity (Wildman–Crippen MR) is 190 cm³/mol. The number of ether oxygens (including phenoxy) is 3. The second kappa shape index (κ2) is 17.5. The summed E-state index contributed by atoms with van der Waals surface area (Å²) in [7, 11) is 1.27. The van der Waals surface area contributed by atoms with Crippen LogP contribution >= 0.6 is 0 Å². The molecule has 4 aromatic carbocycles. The number of benzene rings is 4. The lowest BCUT2D eigenvalue weighted by Crippen LogP contribution is -2.63. The molecule has 50 heavy (non-hydrogen) atoms. The van der Waals surface area contributed by atoms with Crippen LogP contribution in [0, 0.1) is 23.7 Å². The van der Waals surface area contributed by atoms with E-state index in [0.717, 1.165) is 22.6 Å². The molecule has 0 bridgehead atoms. The molecule has 1 N–H and O–H groups in total. The van der Waals surface area contributed by atoms with Crippen LogP contribution < -0.4 is 9.47 Å². The normalized spacial score (nSPS) is 18.0. The lowest BCUT2D eigenvalue weighted by molar-refractivity contribution is -0.183. The molecule has 0 aliphatic heterocycles. The summed E-state index contributed by atoms with van der Waals surface area (Å²) < 4.78 is 17.0. The molecule has 1 aliphatic rings. The number of aliphatic hydroxyl groups excluding tert-OH is 1. The number of methoxy groups -OCH3 is 1. The van der Waals surface area contributed by atoms with E-state index in [-0.39, 0.29) is 11.8 Å². The van der Waals surface area contributed by atoms with E-state index in [0.29, 0.717) is 50.5 Å². The molecule has 4 atom stereocenters. The molecule has 0 unspecified atom stereocenters. The molecule has 0 radical (unpaired) electrons. The van der Waals surface area contributed by atoms with E-state index in [1.165, 1.54) is 7.11 Å². The zero-order chi connectivity index (χ0) is 35.5. The summed E-state index contributed by atoms with van der Waals surface area (Å²) in [5.41, 5.74) is 1.78. The molecule has 1 saturated carbocycles. The number of esters is 1. The average Bonchev–Trinajstić information content (AvgIpc) is 3.13. The van der Waals surface area contributed by atoms with Gasteiger partial charge in [-0.15, -0.1) is 0 Å². The van der Waals surface area contributed by atoms with Crippen molar-refractivity contribution in [2.75, 3.05) is 26.8 Å². The molecule has 0 aromatic heterocycles. The number of carbonyl (C=O) groups excluding carboxylic acids is 3. The summed E-state index contributed by atoms with van der Waals surface area (Å²) in [4.78, 5) is 45.2. The van der Waals surface area contributed by atoms with Gasteiger partial charge in [0.15, 0.2) is 0 Å². The standard InChI is InChI=1S/C41H46N2O7/c1-4-24-42(26-29-16-20-33(21-17-29)49-31-12-8-6-9-13-31)39(45)36-35(28-44)37(41(47)48-3)38(36)40(46)43(25-5-2)27-30-18-22-34(23-19-30)50-32-14-10-7-11-15-32/h6-23,35-38,44H,4-5,24-28H2,1-3H3/t35-,36+,37+,38-/m1/s1. The smallest absolute Gasteiger partial charge is 0.309 e. The van der Waals surface area contributed by atoms with Crippen molar-refractivity contribution in [2.45, 2.75) is 39.8 Å². The number of hydrogen-bond acceptors (Lipinski definition) is 7. The molecule has 262 valence electrons. The lowest BCUT2D eigenvalue weighted by Gasteiger charge is -2.50. The molecule has 0 heterocycles. The van der Waals surface area contributed by atoms with E-state index in [1.807, 2.05) is 123 Å². The molecule has 5 rings (SSSR count). The van der Waals surface area contributed by atoms with Gasteiger partial charge in [-0.2, -0.15) is 0 Å². The molecule has 0 spiro atoms. The van der Waals surface area contributed by atoms with E-state index in [2.05, 4.69) is 0 Å². The Kier molecular flexibility index (Phi) is 12.6. The van der Waals surface area contributed by atoms with E-state index in [4.69, 9.17) is 14.2 Å². The van der Waals surface area contributed by atoms with Gasteiger partial charge >= 0.3 is 5.97 Å². The van der Waals surface area contributed by atoms with Crippen molar-refractivity contribution in [3.8, 4) is 23.0 Å². The number of carbonyl (C=O) groups is 3. The fourth-order valence-corrected chi connectivity index (χ4v) is 6.67. The fourth-order valence-electron chi connectivity index (χ4n) is 6.67. The van der Waals surface area contributed by atoms with Gasteiger partial charge in [-0.25, -0.2) is 0 Å². The number of amides is 2. The van der Waals surface area contributed by atoms with Crippen molar-refractivity contribution in [2.24, 2.45) is 23.7 Å². The number of aliphatic hydroxyl groups is 1. The third-order valence-corrected chi connectivity index (χ3v) is 9.11. The molecule has 4 aromatic rings. The highest BCUT2D eigenvalue weighted by Crippen LogP contribution is 2.49. The Labute approximate surface area is 294 Å². The summed E-state index contributed by atoms with van der Waals surface area (Å²) >= 11 is 0. The monoisotopic (exact) mass is 678 g/mol. The second-order valence-corrected chi connectivity index (χ2v) is 12.6. The zero-order valence-corrected chi connectivity index (χ0v) is 28.9. The number of rotatable bonds is 16. The van der Waals surface area contributed by atoms with Crippen LogP contribution in [0.25, 0.3) is 0 Å². The van der Waals surface area contributed by atoms with Crippen LogP contribution in [-0.4, -0.2) is 59.5 Å². The summed E-state index contributed by atoms with van der Waals surface area (Å²) in [5.74, 6) is -1.84. The van der Waals surface area contributed by atoms with E-state index in [9.17, 15) is 19.5 Å². The third kappa shape index (κ3) is 8.71. The van der Waals surface area contributed by atoms with Crippen molar-refractivity contribution >= 4 is 17.8 Å². The van der Waals surface area contributed by atoms with Gasteiger partial charge in [-0.05, 0) is 72.5 Å². The van der Waals surface area contributed by atoms with Gasteiger partial charge in [0, 0.05) is 38.7 Å². The largest absolute Gasteiger partial charge is 0.469 e. The van der Waals surface area contributed by atoms with Gasteiger partial charge in [0.05, 0.1) is 24.9 Å². The minimum absolute atomic E-state index is 0.257. The Morgan fingerprint density at radius 1 is 0.580 bits per heavy atom. The minimum Gasteiger partial charge on any atom is -0.469 e. The Bertz CT molecular complexity index is 1680. The summed E-state index contributed by atoms with van der Waals surface area (Å²) in [5, 5.41) is 10.5. The Morgan fingerprint density at radius 2 is 0.980 bits per heavy atom. The van der Waals surface area contributed by atoms with Gasteiger partial charge < -0.3 is 29.1 Å². The first-order valence-electron chi connectivity index (χ1n) is 17.3. The first kappa shape index (κ1) is 36.1. The first-order chi connectivity index (χ1) is 24.4. The predicted octanol–water partition coefficient (Wildman–Crippen LogP) is 7.09. The summed E-state index contributed by atoms with van der Waals surface area (Å²) in [6, 6.07) is 34.1. The minimum atomic E-state index is -0.958. The van der Waals surface area contributed by atoms with Gasteiger partial charge in [0.2, 0.25) is 11.8 Å². The third-order valence-electron chi connectivity index (χ3n) is 9.11. The summed E-state index contributed by atoms with van der Waals surface area (Å²) in [6.07, 6.45) is 1.38. The van der Waals surface area contributed by atoms with E-state index in [1.54, 1.807) is 9.80 Å². The van der Waals surface area contributed by atoms with Crippen molar-refractivity contribution in [3.63, 3.8) is 0 Å². The highest BCUT2D eigenvalue weighted by atomic mass is 16.5. The lowest BCUT2D eigenvalue weighted by atomic mass is 9.55. The van der Waals surface area contributed by atoms with Crippen LogP contribution in [0.3, 0.4) is 0 Å². The van der Waals surface area contributed by atoms with Crippen LogP contribution in [0.1, 0.15) is 37.8 Å². The molecule has 0 saturated heterocycles. The number of hydrogen-bond donors (Lipinski definition) is 1. The fraction of sp³-hybridized carbons (Fsp3) is 0.341. The van der Waals surface area contributed by atoms with Crippen LogP contribution in [-0.2, 0) is 32.2 Å². The van der Waals surface area contributed by atoms with Crippen LogP contribution in [0.4, 0.5) is 0 Å². The van der Waals surface area contributed by atoms with Crippen molar-refractivity contribution in [1.29, 1.82) is 0 Å². The second-order valence-electron chi connectivity index (χ2n) is 12.6. The van der Waals surface area contributed by atoms with Gasteiger partial charge in [0.25, 0.3) is 0 Å². The molecular formula is C41H46N2O7. The van der Waals surface area contributed by atoms with Gasteiger partial charge in [0.1, 0.15) is 23.0 Å². The molecule has 1 fully saturated rings. The van der Waals surface area contributed by atoms with E-state index >= 15 is 0 Å². The van der Waals surface area contributed by atoms with Crippen LogP contribution in [0.5, 0.6) is 23.0 Å². The zero-order valence-electron chi connectivity index (χ0n) is 28.9. The maximum absolute atomic E-state index is 14.4. The van der Waals surface area contributed by atoms with Crippen molar-refractivity contribution in [1.82, 2.24) is 9.80 Å². The SMILES string of the molecule is CCCN(Cc1ccc(Oc2ccccc2)cc1)C(=O)[C@H]1[C@@H](C(=O)OC)[C@H](CO)[C@@H]1C(=O)N(CCC)Cc1ccc(Oc2ccccc2)cc1. The highest BCUT2D eigenvalue weighted by molar-refractivity contribution is 5.95.